The van der Waals surface area contributed by atoms with Gasteiger partial charge in [-0.25, -0.2) is 0 Å². The lowest BCUT2D eigenvalue weighted by molar-refractivity contribution is -0.122. The number of aryl methyl sites for hydroxylation is 2. The Hall–Kier alpha value is -2.82. The summed E-state index contributed by atoms with van der Waals surface area (Å²) in [5.74, 6) is 0.00548. The predicted octanol–water partition coefficient (Wildman–Crippen LogP) is 4.30. The number of carbonyl (C=O) groups excluding carboxylic acids is 2. The highest BCUT2D eigenvalue weighted by Crippen LogP contribution is 2.40. The molecule has 0 aliphatic heterocycles. The Morgan fingerprint density at radius 3 is 1.93 bits per heavy atom. The molecule has 2 unspecified atom stereocenters. The minimum absolute atomic E-state index is 0.0965. The number of benzene rings is 2. The van der Waals surface area contributed by atoms with Gasteiger partial charge in [-0.15, -0.1) is 0 Å². The lowest BCUT2D eigenvalue weighted by Crippen LogP contribution is -2.20. The quantitative estimate of drug-likeness (QED) is 0.801. The van der Waals surface area contributed by atoms with Crippen molar-refractivity contribution in [2.24, 2.45) is 11.8 Å². The van der Waals surface area contributed by atoms with Crippen molar-refractivity contribution in [3.8, 4) is 5.75 Å². The molecular formula is C22H26N2O3. The van der Waals surface area contributed by atoms with Gasteiger partial charge in [-0.3, -0.25) is 9.59 Å². The molecule has 5 heteroatoms. The Bertz CT molecular complexity index is 823. The van der Waals surface area contributed by atoms with E-state index < -0.39 is 0 Å². The van der Waals surface area contributed by atoms with Crippen molar-refractivity contribution in [3.05, 3.63) is 53.6 Å². The van der Waals surface area contributed by atoms with Gasteiger partial charge in [0.1, 0.15) is 5.75 Å². The molecule has 142 valence electrons. The standard InChI is InChI=1S/C22H26N2O3/c1-13(2)27-18-7-5-16(6-8-18)23-21(25)19-12-20(19)22(26)24-17-10-14(3)9-15(4)11-17/h5-11,13,19-20H,12H2,1-4H3,(H,23,25)(H,24,26). The van der Waals surface area contributed by atoms with Crippen molar-refractivity contribution in [1.29, 1.82) is 0 Å². The van der Waals surface area contributed by atoms with Gasteiger partial charge >= 0.3 is 0 Å². The van der Waals surface area contributed by atoms with Crippen molar-refractivity contribution in [2.45, 2.75) is 40.2 Å². The Morgan fingerprint density at radius 1 is 0.889 bits per heavy atom. The maximum atomic E-state index is 12.4. The highest BCUT2D eigenvalue weighted by Gasteiger charge is 2.48. The average molecular weight is 366 g/mol. The molecule has 2 aromatic rings. The SMILES string of the molecule is Cc1cc(C)cc(NC(=O)C2CC2C(=O)Nc2ccc(OC(C)C)cc2)c1. The molecule has 3 rings (SSSR count). The van der Waals surface area contributed by atoms with Crippen LogP contribution in [0.2, 0.25) is 0 Å². The Balaban J connectivity index is 1.53. The highest BCUT2D eigenvalue weighted by molar-refractivity contribution is 6.03. The second-order valence-corrected chi connectivity index (χ2v) is 7.49. The minimum Gasteiger partial charge on any atom is -0.491 e. The fourth-order valence-corrected chi connectivity index (χ4v) is 3.18. The molecule has 1 saturated carbocycles. The van der Waals surface area contributed by atoms with Gasteiger partial charge in [0.15, 0.2) is 0 Å². The lowest BCUT2D eigenvalue weighted by atomic mass is 10.1. The van der Waals surface area contributed by atoms with Crippen LogP contribution in [0.4, 0.5) is 11.4 Å². The third kappa shape index (κ3) is 5.09. The summed E-state index contributed by atoms with van der Waals surface area (Å²) >= 11 is 0. The van der Waals surface area contributed by atoms with E-state index in [2.05, 4.69) is 16.7 Å². The monoisotopic (exact) mass is 366 g/mol. The van der Waals surface area contributed by atoms with Crippen LogP contribution in [0.25, 0.3) is 0 Å². The maximum Gasteiger partial charge on any atom is 0.228 e. The maximum absolute atomic E-state index is 12.4. The van der Waals surface area contributed by atoms with Crippen LogP contribution in [0.1, 0.15) is 31.4 Å². The summed E-state index contributed by atoms with van der Waals surface area (Å²) in [5, 5.41) is 5.80. The van der Waals surface area contributed by atoms with Crippen LogP contribution in [0.3, 0.4) is 0 Å². The second kappa shape index (κ2) is 7.82. The number of nitrogens with one attached hydrogen (secondary N) is 2. The van der Waals surface area contributed by atoms with E-state index in [4.69, 9.17) is 4.74 Å². The number of ether oxygens (including phenoxy) is 1. The molecule has 0 saturated heterocycles. The summed E-state index contributed by atoms with van der Waals surface area (Å²) in [7, 11) is 0. The summed E-state index contributed by atoms with van der Waals surface area (Å²) < 4.78 is 5.59. The zero-order chi connectivity index (χ0) is 19.6. The van der Waals surface area contributed by atoms with E-state index in [-0.39, 0.29) is 29.8 Å². The number of carbonyl (C=O) groups is 2. The molecule has 2 N–H and O–H groups in total. The van der Waals surface area contributed by atoms with Gasteiger partial charge < -0.3 is 15.4 Å². The largest absolute Gasteiger partial charge is 0.491 e. The molecular weight excluding hydrogens is 340 g/mol. The van der Waals surface area contributed by atoms with E-state index in [0.29, 0.717) is 12.1 Å². The van der Waals surface area contributed by atoms with Crippen LogP contribution >= 0.6 is 0 Å². The van der Waals surface area contributed by atoms with Gasteiger partial charge in [0.2, 0.25) is 11.8 Å². The molecule has 27 heavy (non-hydrogen) atoms. The minimum atomic E-state index is -0.275. The van der Waals surface area contributed by atoms with E-state index in [1.54, 1.807) is 0 Å². The normalized spacial score (nSPS) is 18.1. The Kier molecular flexibility index (Phi) is 5.49. The van der Waals surface area contributed by atoms with Crippen LogP contribution in [0.15, 0.2) is 42.5 Å². The number of hydrogen-bond donors (Lipinski definition) is 2. The predicted molar refractivity (Wildman–Crippen MR) is 107 cm³/mol. The molecule has 2 aromatic carbocycles. The summed E-state index contributed by atoms with van der Waals surface area (Å²) in [4.78, 5) is 24.8. The molecule has 1 aliphatic rings. The summed E-state index contributed by atoms with van der Waals surface area (Å²) in [6.45, 7) is 7.92. The number of amides is 2. The molecule has 0 radical (unpaired) electrons. The van der Waals surface area contributed by atoms with E-state index in [1.807, 2.05) is 64.1 Å². The molecule has 1 fully saturated rings. The zero-order valence-corrected chi connectivity index (χ0v) is 16.2. The highest BCUT2D eigenvalue weighted by atomic mass is 16.5. The van der Waals surface area contributed by atoms with Crippen molar-refractivity contribution in [3.63, 3.8) is 0 Å². The van der Waals surface area contributed by atoms with Gasteiger partial charge in [0, 0.05) is 11.4 Å². The van der Waals surface area contributed by atoms with Crippen LogP contribution in [-0.4, -0.2) is 17.9 Å². The molecule has 0 spiro atoms. The molecule has 0 heterocycles. The van der Waals surface area contributed by atoms with Crippen molar-refractivity contribution in [1.82, 2.24) is 0 Å². The first-order valence-corrected chi connectivity index (χ1v) is 9.28. The Labute approximate surface area is 160 Å². The second-order valence-electron chi connectivity index (χ2n) is 7.49. The third-order valence-electron chi connectivity index (χ3n) is 4.45. The smallest absolute Gasteiger partial charge is 0.228 e. The van der Waals surface area contributed by atoms with Gasteiger partial charge in [-0.05, 0) is 81.6 Å². The van der Waals surface area contributed by atoms with Crippen molar-refractivity contribution < 1.29 is 14.3 Å². The summed E-state index contributed by atoms with van der Waals surface area (Å²) in [6, 6.07) is 13.2. The van der Waals surface area contributed by atoms with E-state index in [0.717, 1.165) is 22.6 Å². The topological polar surface area (TPSA) is 67.4 Å². The summed E-state index contributed by atoms with van der Waals surface area (Å²) in [6.07, 6.45) is 0.685. The van der Waals surface area contributed by atoms with Crippen LogP contribution in [0, 0.1) is 25.7 Å². The number of anilines is 2. The first kappa shape index (κ1) is 19.0. The first-order valence-electron chi connectivity index (χ1n) is 9.28. The van der Waals surface area contributed by atoms with E-state index >= 15 is 0 Å². The zero-order valence-electron chi connectivity index (χ0n) is 16.2. The van der Waals surface area contributed by atoms with Gasteiger partial charge in [0.25, 0.3) is 0 Å². The molecule has 2 amide bonds. The molecule has 1 aliphatic carbocycles. The number of hydrogen-bond acceptors (Lipinski definition) is 3. The van der Waals surface area contributed by atoms with Crippen molar-refractivity contribution in [2.75, 3.05) is 10.6 Å². The molecule has 0 bridgehead atoms. The van der Waals surface area contributed by atoms with E-state index in [9.17, 15) is 9.59 Å². The lowest BCUT2D eigenvalue weighted by Gasteiger charge is -2.11. The van der Waals surface area contributed by atoms with Gasteiger partial charge in [-0.2, -0.15) is 0 Å². The molecule has 0 aromatic heterocycles. The third-order valence-corrected chi connectivity index (χ3v) is 4.45. The van der Waals surface area contributed by atoms with Crippen LogP contribution in [-0.2, 0) is 9.59 Å². The Morgan fingerprint density at radius 2 is 1.41 bits per heavy atom. The number of rotatable bonds is 6. The first-order chi connectivity index (χ1) is 12.8. The fraction of sp³-hybridized carbons (Fsp3) is 0.364. The van der Waals surface area contributed by atoms with Crippen LogP contribution < -0.4 is 15.4 Å². The summed E-state index contributed by atoms with van der Waals surface area (Å²) in [5.41, 5.74) is 3.68. The van der Waals surface area contributed by atoms with Gasteiger partial charge in [-0.1, -0.05) is 6.07 Å². The van der Waals surface area contributed by atoms with Crippen molar-refractivity contribution >= 4 is 23.2 Å². The van der Waals surface area contributed by atoms with Crippen LogP contribution in [0.5, 0.6) is 5.75 Å². The molecule has 2 atom stereocenters. The average Bonchev–Trinajstić information content (AvgIpc) is 3.36. The van der Waals surface area contributed by atoms with E-state index in [1.165, 1.54) is 0 Å². The molecule has 5 nitrogen and oxygen atoms in total. The van der Waals surface area contributed by atoms with Gasteiger partial charge in [0.05, 0.1) is 17.9 Å². The fourth-order valence-electron chi connectivity index (χ4n) is 3.18.